The van der Waals surface area contributed by atoms with E-state index in [0.29, 0.717) is 6.61 Å². The molecule has 0 radical (unpaired) electrons. The minimum Gasteiger partial charge on any atom is -0.389 e. The van der Waals surface area contributed by atoms with Gasteiger partial charge in [0.05, 0.1) is 12.7 Å². The van der Waals surface area contributed by atoms with Crippen LogP contribution >= 0.6 is 0 Å². The molecule has 0 bridgehead atoms. The van der Waals surface area contributed by atoms with Crippen LogP contribution in [0.4, 0.5) is 0 Å². The van der Waals surface area contributed by atoms with Crippen LogP contribution in [0.3, 0.4) is 0 Å². The smallest absolute Gasteiger partial charge is 0.0765 e. The number of aliphatic hydroxyl groups excluding tert-OH is 1. The molecule has 0 amide bonds. The van der Waals surface area contributed by atoms with Gasteiger partial charge >= 0.3 is 0 Å². The highest BCUT2D eigenvalue weighted by Gasteiger charge is 2.05. The molecule has 2 nitrogen and oxygen atoms in total. The van der Waals surface area contributed by atoms with Crippen molar-refractivity contribution in [2.45, 2.75) is 19.6 Å². The lowest BCUT2D eigenvalue weighted by Gasteiger charge is -2.10. The molecule has 0 aliphatic rings. The lowest BCUT2D eigenvalue weighted by atomic mass is 10.0. The van der Waals surface area contributed by atoms with E-state index in [1.165, 1.54) is 0 Å². The van der Waals surface area contributed by atoms with Gasteiger partial charge in [-0.15, -0.1) is 0 Å². The topological polar surface area (TPSA) is 29.5 Å². The maximum absolute atomic E-state index is 9.38. The van der Waals surface area contributed by atoms with Crippen LogP contribution in [-0.4, -0.2) is 12.2 Å². The maximum atomic E-state index is 9.38. The Morgan fingerprint density at radius 2 is 2.08 bits per heavy atom. The summed E-state index contributed by atoms with van der Waals surface area (Å²) in [7, 11) is 1.65. The van der Waals surface area contributed by atoms with Gasteiger partial charge in [0.2, 0.25) is 0 Å². The van der Waals surface area contributed by atoms with Gasteiger partial charge in [-0.1, -0.05) is 24.3 Å². The molecule has 1 N–H and O–H groups in total. The van der Waals surface area contributed by atoms with E-state index in [0.717, 1.165) is 11.1 Å². The first-order valence-electron chi connectivity index (χ1n) is 4.00. The van der Waals surface area contributed by atoms with Crippen LogP contribution in [0.5, 0.6) is 0 Å². The zero-order valence-corrected chi connectivity index (χ0v) is 7.45. The van der Waals surface area contributed by atoms with Crippen LogP contribution < -0.4 is 0 Å². The Bertz CT molecular complexity index is 243. The summed E-state index contributed by atoms with van der Waals surface area (Å²) in [5.74, 6) is 0. The van der Waals surface area contributed by atoms with Gasteiger partial charge in [-0.05, 0) is 18.1 Å². The molecule has 1 atom stereocenters. The van der Waals surface area contributed by atoms with Crippen LogP contribution in [0.25, 0.3) is 0 Å². The Balaban J connectivity index is 2.92. The van der Waals surface area contributed by atoms with Gasteiger partial charge in [-0.3, -0.25) is 0 Å². The molecule has 0 spiro atoms. The minimum absolute atomic E-state index is 0.420. The molecule has 0 aromatic heterocycles. The van der Waals surface area contributed by atoms with Gasteiger partial charge in [0, 0.05) is 7.11 Å². The van der Waals surface area contributed by atoms with Crippen molar-refractivity contribution in [2.24, 2.45) is 0 Å². The van der Waals surface area contributed by atoms with Crippen molar-refractivity contribution >= 4 is 0 Å². The Labute approximate surface area is 72.8 Å². The van der Waals surface area contributed by atoms with Crippen molar-refractivity contribution in [1.29, 1.82) is 0 Å². The number of hydrogen-bond donors (Lipinski definition) is 1. The first kappa shape index (κ1) is 9.23. The molecule has 66 valence electrons. The van der Waals surface area contributed by atoms with E-state index < -0.39 is 6.10 Å². The highest BCUT2D eigenvalue weighted by Crippen LogP contribution is 2.17. The molecular formula is C10H14O2. The van der Waals surface area contributed by atoms with Crippen LogP contribution in [0, 0.1) is 0 Å². The fourth-order valence-corrected chi connectivity index (χ4v) is 1.23. The minimum atomic E-state index is -0.420. The Morgan fingerprint density at radius 3 is 2.67 bits per heavy atom. The quantitative estimate of drug-likeness (QED) is 0.743. The normalized spacial score (nSPS) is 12.9. The second-order valence-corrected chi connectivity index (χ2v) is 2.81. The SMILES string of the molecule is COCc1ccccc1C(C)O. The van der Waals surface area contributed by atoms with Crippen LogP contribution in [0.15, 0.2) is 24.3 Å². The molecule has 0 saturated carbocycles. The van der Waals surface area contributed by atoms with Crippen molar-refractivity contribution < 1.29 is 9.84 Å². The fourth-order valence-electron chi connectivity index (χ4n) is 1.23. The summed E-state index contributed by atoms with van der Waals surface area (Å²) in [6.07, 6.45) is -0.420. The number of benzene rings is 1. The predicted octanol–water partition coefficient (Wildman–Crippen LogP) is 1.89. The zero-order valence-electron chi connectivity index (χ0n) is 7.45. The molecule has 0 saturated heterocycles. The third-order valence-corrected chi connectivity index (χ3v) is 1.81. The van der Waals surface area contributed by atoms with Crippen molar-refractivity contribution in [3.63, 3.8) is 0 Å². The predicted molar refractivity (Wildman–Crippen MR) is 47.8 cm³/mol. The molecule has 1 aromatic rings. The van der Waals surface area contributed by atoms with Gasteiger partial charge in [0.1, 0.15) is 0 Å². The van der Waals surface area contributed by atoms with E-state index >= 15 is 0 Å². The van der Waals surface area contributed by atoms with E-state index in [2.05, 4.69) is 0 Å². The highest BCUT2D eigenvalue weighted by atomic mass is 16.5. The number of aliphatic hydroxyl groups is 1. The first-order chi connectivity index (χ1) is 5.75. The molecular weight excluding hydrogens is 152 g/mol. The second kappa shape index (κ2) is 4.24. The average molecular weight is 166 g/mol. The van der Waals surface area contributed by atoms with Gasteiger partial charge < -0.3 is 9.84 Å². The number of rotatable bonds is 3. The molecule has 1 rings (SSSR count). The lowest BCUT2D eigenvalue weighted by molar-refractivity contribution is 0.171. The van der Waals surface area contributed by atoms with E-state index in [1.807, 2.05) is 24.3 Å². The van der Waals surface area contributed by atoms with Gasteiger partial charge in [0.25, 0.3) is 0 Å². The summed E-state index contributed by atoms with van der Waals surface area (Å²) < 4.78 is 5.01. The molecule has 0 fully saturated rings. The highest BCUT2D eigenvalue weighted by molar-refractivity contribution is 5.27. The summed E-state index contributed by atoms with van der Waals surface area (Å²) in [4.78, 5) is 0. The van der Waals surface area contributed by atoms with E-state index in [-0.39, 0.29) is 0 Å². The maximum Gasteiger partial charge on any atom is 0.0765 e. The summed E-state index contributed by atoms with van der Waals surface area (Å²) in [5.41, 5.74) is 1.99. The van der Waals surface area contributed by atoms with E-state index in [9.17, 15) is 5.11 Å². The molecule has 0 aliphatic heterocycles. The summed E-state index contributed by atoms with van der Waals surface area (Å²) in [6.45, 7) is 2.32. The van der Waals surface area contributed by atoms with Crippen LogP contribution in [0.2, 0.25) is 0 Å². The van der Waals surface area contributed by atoms with Crippen molar-refractivity contribution in [3.8, 4) is 0 Å². The number of hydrogen-bond acceptors (Lipinski definition) is 2. The molecule has 1 aromatic carbocycles. The van der Waals surface area contributed by atoms with Gasteiger partial charge in [0.15, 0.2) is 0 Å². The zero-order chi connectivity index (χ0) is 8.97. The summed E-state index contributed by atoms with van der Waals surface area (Å²) >= 11 is 0. The van der Waals surface area contributed by atoms with Gasteiger partial charge in [-0.2, -0.15) is 0 Å². The third-order valence-electron chi connectivity index (χ3n) is 1.81. The van der Waals surface area contributed by atoms with E-state index in [1.54, 1.807) is 14.0 Å². The third kappa shape index (κ3) is 2.06. The number of methoxy groups -OCH3 is 1. The Hall–Kier alpha value is -0.860. The van der Waals surface area contributed by atoms with Crippen molar-refractivity contribution in [1.82, 2.24) is 0 Å². The standard InChI is InChI=1S/C10H14O2/c1-8(11)10-6-4-3-5-9(10)7-12-2/h3-6,8,11H,7H2,1-2H3. The summed E-state index contributed by atoms with van der Waals surface area (Å²) in [6, 6.07) is 7.74. The molecule has 12 heavy (non-hydrogen) atoms. The van der Waals surface area contributed by atoms with E-state index in [4.69, 9.17) is 4.74 Å². The molecule has 1 unspecified atom stereocenters. The molecule has 2 heteroatoms. The van der Waals surface area contributed by atoms with Crippen LogP contribution in [0.1, 0.15) is 24.2 Å². The monoisotopic (exact) mass is 166 g/mol. The van der Waals surface area contributed by atoms with Crippen molar-refractivity contribution in [2.75, 3.05) is 7.11 Å². The summed E-state index contributed by atoms with van der Waals surface area (Å²) in [5, 5.41) is 9.38. The van der Waals surface area contributed by atoms with Crippen LogP contribution in [-0.2, 0) is 11.3 Å². The Kier molecular flexibility index (Phi) is 3.26. The first-order valence-corrected chi connectivity index (χ1v) is 4.00. The average Bonchev–Trinajstić information content (AvgIpc) is 2.05. The second-order valence-electron chi connectivity index (χ2n) is 2.81. The van der Waals surface area contributed by atoms with Crippen molar-refractivity contribution in [3.05, 3.63) is 35.4 Å². The largest absolute Gasteiger partial charge is 0.389 e. The molecule has 0 aliphatic carbocycles. The number of ether oxygens (including phenoxy) is 1. The Morgan fingerprint density at radius 1 is 1.42 bits per heavy atom. The van der Waals surface area contributed by atoms with Gasteiger partial charge in [-0.25, -0.2) is 0 Å². The lowest BCUT2D eigenvalue weighted by Crippen LogP contribution is -1.98. The molecule has 0 heterocycles. The fraction of sp³-hybridized carbons (Fsp3) is 0.400.